The lowest BCUT2D eigenvalue weighted by molar-refractivity contribution is -0.111. The summed E-state index contributed by atoms with van der Waals surface area (Å²) in [6.45, 7) is 0. The van der Waals surface area contributed by atoms with Crippen LogP contribution in [0.15, 0.2) is 72.6 Å². The number of thiazole rings is 1. The van der Waals surface area contributed by atoms with Crippen LogP contribution in [0.5, 0.6) is 0 Å². The van der Waals surface area contributed by atoms with Gasteiger partial charge in [-0.15, -0.1) is 11.3 Å². The number of hydrogen-bond acceptors (Lipinski definition) is 4. The number of imidazole rings is 1. The number of nitrogens with one attached hydrogen (secondary N) is 1. The number of aromatic nitrogens is 3. The molecule has 0 atom stereocenters. The Bertz CT molecular complexity index is 1020. The molecule has 0 unspecified atom stereocenters. The van der Waals surface area contributed by atoms with Gasteiger partial charge in [-0.3, -0.25) is 14.2 Å². The van der Waals surface area contributed by atoms with Crippen molar-refractivity contribution in [1.29, 1.82) is 0 Å². The Hall–Kier alpha value is -3.25. The lowest BCUT2D eigenvalue weighted by Crippen LogP contribution is -2.08. The highest BCUT2D eigenvalue weighted by molar-refractivity contribution is 7.15. The molecule has 122 valence electrons. The van der Waals surface area contributed by atoms with Crippen molar-refractivity contribution in [3.63, 3.8) is 0 Å². The molecule has 0 bridgehead atoms. The van der Waals surface area contributed by atoms with Crippen LogP contribution in [0.1, 0.15) is 5.56 Å². The van der Waals surface area contributed by atoms with Crippen LogP contribution in [0.2, 0.25) is 0 Å². The smallest absolute Gasteiger partial charge is 0.248 e. The van der Waals surface area contributed by atoms with E-state index in [9.17, 15) is 4.79 Å². The molecule has 4 rings (SSSR count). The third-order valence-corrected chi connectivity index (χ3v) is 4.44. The Kier molecular flexibility index (Phi) is 4.10. The van der Waals surface area contributed by atoms with Crippen molar-refractivity contribution >= 4 is 34.0 Å². The molecule has 0 aliphatic rings. The van der Waals surface area contributed by atoms with Gasteiger partial charge in [0, 0.05) is 41.8 Å². The monoisotopic (exact) mass is 346 g/mol. The number of amides is 1. The van der Waals surface area contributed by atoms with Crippen LogP contribution >= 0.6 is 11.3 Å². The molecule has 1 N–H and O–H groups in total. The highest BCUT2D eigenvalue weighted by Crippen LogP contribution is 2.28. The first-order chi connectivity index (χ1) is 12.3. The van der Waals surface area contributed by atoms with E-state index in [4.69, 9.17) is 0 Å². The lowest BCUT2D eigenvalue weighted by Gasteiger charge is -2.07. The average molecular weight is 346 g/mol. The number of fused-ring (bicyclic) bond motifs is 1. The predicted molar refractivity (Wildman–Crippen MR) is 100 cm³/mol. The van der Waals surface area contributed by atoms with Crippen LogP contribution in [0.3, 0.4) is 0 Å². The van der Waals surface area contributed by atoms with Crippen LogP contribution in [-0.2, 0) is 4.79 Å². The zero-order valence-electron chi connectivity index (χ0n) is 13.2. The number of hydrogen-bond donors (Lipinski definition) is 1. The Morgan fingerprint density at radius 3 is 2.96 bits per heavy atom. The fourth-order valence-corrected chi connectivity index (χ4v) is 3.19. The molecule has 0 spiro atoms. The van der Waals surface area contributed by atoms with Gasteiger partial charge in [0.1, 0.15) is 0 Å². The zero-order chi connectivity index (χ0) is 17.1. The van der Waals surface area contributed by atoms with E-state index in [0.717, 1.165) is 27.5 Å². The van der Waals surface area contributed by atoms with Crippen molar-refractivity contribution in [2.75, 3.05) is 5.32 Å². The first kappa shape index (κ1) is 15.3. The van der Waals surface area contributed by atoms with Crippen LogP contribution < -0.4 is 5.32 Å². The number of benzene rings is 1. The molecule has 3 aromatic heterocycles. The molecule has 4 aromatic rings. The van der Waals surface area contributed by atoms with E-state index in [1.165, 1.54) is 6.08 Å². The SMILES string of the molecule is O=C(C=Cc1cccnc1)Nc1ccccc1-c1cn2ccsc2n1. The minimum Gasteiger partial charge on any atom is -0.322 e. The summed E-state index contributed by atoms with van der Waals surface area (Å²) in [6, 6.07) is 11.4. The second-order valence-corrected chi connectivity index (χ2v) is 6.25. The van der Waals surface area contributed by atoms with Crippen molar-refractivity contribution in [3.8, 4) is 11.3 Å². The van der Waals surface area contributed by atoms with Gasteiger partial charge in [0.25, 0.3) is 0 Å². The highest BCUT2D eigenvalue weighted by Gasteiger charge is 2.10. The molecular weight excluding hydrogens is 332 g/mol. The maximum absolute atomic E-state index is 12.2. The third-order valence-electron chi connectivity index (χ3n) is 3.67. The van der Waals surface area contributed by atoms with Gasteiger partial charge in [-0.2, -0.15) is 0 Å². The Morgan fingerprint density at radius 1 is 1.20 bits per heavy atom. The minimum absolute atomic E-state index is 0.197. The molecule has 1 amide bonds. The van der Waals surface area contributed by atoms with Crippen molar-refractivity contribution < 1.29 is 4.79 Å². The summed E-state index contributed by atoms with van der Waals surface area (Å²) < 4.78 is 1.97. The first-order valence-corrected chi connectivity index (χ1v) is 8.58. The number of nitrogens with zero attached hydrogens (tertiary/aromatic N) is 3. The number of anilines is 1. The molecule has 6 heteroatoms. The Morgan fingerprint density at radius 2 is 2.12 bits per heavy atom. The van der Waals surface area contributed by atoms with Gasteiger partial charge in [-0.25, -0.2) is 4.98 Å². The van der Waals surface area contributed by atoms with Crippen molar-refractivity contribution in [3.05, 3.63) is 78.2 Å². The lowest BCUT2D eigenvalue weighted by atomic mass is 10.1. The van der Waals surface area contributed by atoms with Gasteiger partial charge in [0.15, 0.2) is 4.96 Å². The van der Waals surface area contributed by atoms with Crippen LogP contribution in [-0.4, -0.2) is 20.3 Å². The van der Waals surface area contributed by atoms with E-state index < -0.39 is 0 Å². The average Bonchev–Trinajstić information content (AvgIpc) is 3.23. The third kappa shape index (κ3) is 3.34. The van der Waals surface area contributed by atoms with Crippen molar-refractivity contribution in [1.82, 2.24) is 14.4 Å². The molecule has 1 aromatic carbocycles. The molecule has 3 heterocycles. The van der Waals surface area contributed by atoms with Crippen LogP contribution in [0.25, 0.3) is 22.3 Å². The summed E-state index contributed by atoms with van der Waals surface area (Å²) >= 11 is 1.58. The van der Waals surface area contributed by atoms with E-state index in [2.05, 4.69) is 15.3 Å². The summed E-state index contributed by atoms with van der Waals surface area (Å²) in [7, 11) is 0. The Balaban J connectivity index is 1.57. The number of para-hydroxylation sites is 1. The second kappa shape index (κ2) is 6.70. The van der Waals surface area contributed by atoms with Crippen molar-refractivity contribution in [2.24, 2.45) is 0 Å². The first-order valence-electron chi connectivity index (χ1n) is 7.70. The van der Waals surface area contributed by atoms with Gasteiger partial charge in [0.2, 0.25) is 5.91 Å². The molecule has 0 aliphatic carbocycles. The number of pyridine rings is 1. The number of carbonyl (C=O) groups excluding carboxylic acids is 1. The van der Waals surface area contributed by atoms with E-state index in [1.807, 2.05) is 58.6 Å². The van der Waals surface area contributed by atoms with Crippen LogP contribution in [0, 0.1) is 0 Å². The van der Waals surface area contributed by atoms with Gasteiger partial charge < -0.3 is 5.32 Å². The Labute approximate surface area is 148 Å². The normalized spacial score (nSPS) is 11.2. The molecular formula is C19H14N4OS. The van der Waals surface area contributed by atoms with E-state index in [-0.39, 0.29) is 5.91 Å². The molecule has 25 heavy (non-hydrogen) atoms. The van der Waals surface area contributed by atoms with Gasteiger partial charge >= 0.3 is 0 Å². The van der Waals surface area contributed by atoms with Gasteiger partial charge in [-0.1, -0.05) is 24.3 Å². The van der Waals surface area contributed by atoms with E-state index >= 15 is 0 Å². The number of rotatable bonds is 4. The molecule has 5 nitrogen and oxygen atoms in total. The predicted octanol–water partition coefficient (Wildman–Crippen LogP) is 4.11. The minimum atomic E-state index is -0.197. The molecule has 0 saturated carbocycles. The van der Waals surface area contributed by atoms with Crippen LogP contribution in [0.4, 0.5) is 5.69 Å². The summed E-state index contributed by atoms with van der Waals surface area (Å²) in [5, 5.41) is 4.91. The second-order valence-electron chi connectivity index (χ2n) is 5.37. The summed E-state index contributed by atoms with van der Waals surface area (Å²) in [6.07, 6.45) is 10.6. The summed E-state index contributed by atoms with van der Waals surface area (Å²) in [5.41, 5.74) is 3.33. The molecule has 0 fully saturated rings. The van der Waals surface area contributed by atoms with Gasteiger partial charge in [0.05, 0.1) is 11.4 Å². The fraction of sp³-hybridized carbons (Fsp3) is 0. The highest BCUT2D eigenvalue weighted by atomic mass is 32.1. The molecule has 0 radical (unpaired) electrons. The standard InChI is InChI=1S/C19H14N4OS/c24-18(8-7-14-4-3-9-20-12-14)21-16-6-2-1-5-15(16)17-13-23-10-11-25-19(23)22-17/h1-13H,(H,21,24). The van der Waals surface area contributed by atoms with Gasteiger partial charge in [-0.05, 0) is 23.8 Å². The summed E-state index contributed by atoms with van der Waals surface area (Å²) in [5.74, 6) is -0.197. The molecule has 0 saturated heterocycles. The fourth-order valence-electron chi connectivity index (χ4n) is 2.49. The topological polar surface area (TPSA) is 59.3 Å². The van der Waals surface area contributed by atoms with E-state index in [1.54, 1.807) is 29.8 Å². The quantitative estimate of drug-likeness (QED) is 0.566. The largest absolute Gasteiger partial charge is 0.322 e. The van der Waals surface area contributed by atoms with E-state index in [0.29, 0.717) is 0 Å². The van der Waals surface area contributed by atoms with Crippen molar-refractivity contribution in [2.45, 2.75) is 0 Å². The molecule has 0 aliphatic heterocycles. The number of carbonyl (C=O) groups is 1. The maximum Gasteiger partial charge on any atom is 0.248 e. The summed E-state index contributed by atoms with van der Waals surface area (Å²) in [4.78, 5) is 21.8. The zero-order valence-corrected chi connectivity index (χ0v) is 14.0. The maximum atomic E-state index is 12.2.